The van der Waals surface area contributed by atoms with Gasteiger partial charge in [-0.2, -0.15) is 0 Å². The molecule has 29 heavy (non-hydrogen) atoms. The molecule has 0 spiro atoms. The molecule has 1 N–H and O–H groups in total. The van der Waals surface area contributed by atoms with Crippen molar-refractivity contribution >= 4 is 43.2 Å². The average molecular weight is 471 g/mol. The van der Waals surface area contributed by atoms with Gasteiger partial charge in [0.15, 0.2) is 0 Å². The van der Waals surface area contributed by atoms with Gasteiger partial charge < -0.3 is 5.32 Å². The Morgan fingerprint density at radius 2 is 1.76 bits per heavy atom. The summed E-state index contributed by atoms with van der Waals surface area (Å²) in [4.78, 5) is 13.0. The second-order valence-corrected chi connectivity index (χ2v) is 9.78. The van der Waals surface area contributed by atoms with E-state index in [1.807, 2.05) is 44.2 Å². The lowest BCUT2D eigenvalue weighted by atomic mass is 10.0. The van der Waals surface area contributed by atoms with Gasteiger partial charge in [-0.25, -0.2) is 8.42 Å². The van der Waals surface area contributed by atoms with Crippen LogP contribution in [0.3, 0.4) is 0 Å². The number of benzene rings is 3. The first-order valence-corrected chi connectivity index (χ1v) is 11.3. The van der Waals surface area contributed by atoms with E-state index in [0.29, 0.717) is 16.9 Å². The molecule has 0 atom stereocenters. The number of sulfonamides is 1. The van der Waals surface area contributed by atoms with E-state index in [1.54, 1.807) is 30.3 Å². The number of hydrogen-bond acceptors (Lipinski definition) is 3. The molecule has 0 saturated heterocycles. The van der Waals surface area contributed by atoms with Crippen molar-refractivity contribution in [2.24, 2.45) is 0 Å². The number of hydrogen-bond donors (Lipinski definition) is 1. The van der Waals surface area contributed by atoms with Crippen LogP contribution in [0.15, 0.2) is 70.0 Å². The zero-order valence-electron chi connectivity index (χ0n) is 15.9. The molecule has 3 aromatic carbocycles. The van der Waals surface area contributed by atoms with Crippen molar-refractivity contribution in [1.29, 1.82) is 0 Å². The van der Waals surface area contributed by atoms with Gasteiger partial charge in [0.25, 0.3) is 10.0 Å². The highest BCUT2D eigenvalue weighted by molar-refractivity contribution is 9.10. The number of aryl methyl sites for hydroxylation is 2. The maximum Gasteiger partial charge on any atom is 0.265 e. The van der Waals surface area contributed by atoms with E-state index in [1.165, 1.54) is 4.31 Å². The van der Waals surface area contributed by atoms with Gasteiger partial charge in [0.05, 0.1) is 10.6 Å². The zero-order chi connectivity index (χ0) is 20.8. The Hall–Kier alpha value is -2.64. The van der Waals surface area contributed by atoms with Gasteiger partial charge in [-0.3, -0.25) is 9.10 Å². The molecule has 0 fully saturated rings. The second kappa shape index (κ2) is 7.31. The molecule has 1 aliphatic heterocycles. The summed E-state index contributed by atoms with van der Waals surface area (Å²) in [5, 5.41) is 2.83. The van der Waals surface area contributed by atoms with Gasteiger partial charge in [-0.1, -0.05) is 51.8 Å². The van der Waals surface area contributed by atoms with Crippen LogP contribution in [-0.2, 0) is 14.8 Å². The van der Waals surface area contributed by atoms with Gasteiger partial charge in [0.2, 0.25) is 5.91 Å². The van der Waals surface area contributed by atoms with E-state index in [0.717, 1.165) is 21.2 Å². The molecular formula is C22H19BrN2O3S. The molecule has 4 rings (SSSR count). The summed E-state index contributed by atoms with van der Waals surface area (Å²) in [6, 6.07) is 17.9. The molecule has 148 valence electrons. The molecule has 0 saturated carbocycles. The van der Waals surface area contributed by atoms with Crippen LogP contribution >= 0.6 is 15.9 Å². The average Bonchev–Trinajstić information content (AvgIpc) is 2.68. The third-order valence-corrected chi connectivity index (χ3v) is 7.23. The topological polar surface area (TPSA) is 66.5 Å². The molecular weight excluding hydrogens is 452 g/mol. The lowest BCUT2D eigenvalue weighted by Gasteiger charge is -2.31. The van der Waals surface area contributed by atoms with Gasteiger partial charge >= 0.3 is 0 Å². The predicted octanol–water partition coefficient (Wildman–Crippen LogP) is 4.88. The van der Waals surface area contributed by atoms with Crippen molar-refractivity contribution in [3.8, 4) is 11.1 Å². The van der Waals surface area contributed by atoms with Crippen molar-refractivity contribution in [3.05, 3.63) is 76.3 Å². The van der Waals surface area contributed by atoms with Crippen molar-refractivity contribution < 1.29 is 13.2 Å². The van der Waals surface area contributed by atoms with Crippen LogP contribution in [0.5, 0.6) is 0 Å². The summed E-state index contributed by atoms with van der Waals surface area (Å²) in [6.45, 7) is 3.58. The normalized spacial score (nSPS) is 14.1. The first-order chi connectivity index (χ1) is 13.8. The van der Waals surface area contributed by atoms with Crippen LogP contribution in [0, 0.1) is 13.8 Å². The fourth-order valence-electron chi connectivity index (χ4n) is 3.55. The lowest BCUT2D eigenvalue weighted by Crippen LogP contribution is -2.40. The van der Waals surface area contributed by atoms with Gasteiger partial charge in [0, 0.05) is 21.3 Å². The molecule has 0 bridgehead atoms. The highest BCUT2D eigenvalue weighted by atomic mass is 79.9. The molecule has 1 aliphatic rings. The van der Waals surface area contributed by atoms with E-state index in [2.05, 4.69) is 21.2 Å². The third kappa shape index (κ3) is 3.56. The highest BCUT2D eigenvalue weighted by Gasteiger charge is 2.35. The smallest absolute Gasteiger partial charge is 0.265 e. The van der Waals surface area contributed by atoms with Crippen molar-refractivity contribution in [1.82, 2.24) is 0 Å². The Bertz CT molecular complexity index is 1240. The monoisotopic (exact) mass is 470 g/mol. The van der Waals surface area contributed by atoms with E-state index in [-0.39, 0.29) is 11.4 Å². The van der Waals surface area contributed by atoms with E-state index in [4.69, 9.17) is 0 Å². The third-order valence-electron chi connectivity index (χ3n) is 4.92. The van der Waals surface area contributed by atoms with Crippen LogP contribution in [0.2, 0.25) is 0 Å². The Kier molecular flexibility index (Phi) is 4.96. The van der Waals surface area contributed by atoms with Crippen LogP contribution in [-0.4, -0.2) is 20.9 Å². The first kappa shape index (κ1) is 19.7. The second-order valence-electron chi connectivity index (χ2n) is 7.04. The Balaban J connectivity index is 1.73. The number of nitrogens with one attached hydrogen (secondary N) is 1. The number of nitrogens with zero attached hydrogens (tertiary/aromatic N) is 1. The van der Waals surface area contributed by atoms with Crippen molar-refractivity contribution in [2.75, 3.05) is 16.2 Å². The molecule has 0 aliphatic carbocycles. The van der Waals surface area contributed by atoms with E-state index in [9.17, 15) is 13.2 Å². The molecule has 7 heteroatoms. The summed E-state index contributed by atoms with van der Waals surface area (Å²) in [7, 11) is -3.86. The highest BCUT2D eigenvalue weighted by Crippen LogP contribution is 2.43. The number of fused-ring (bicyclic) bond motifs is 3. The van der Waals surface area contributed by atoms with Crippen LogP contribution < -0.4 is 9.62 Å². The molecule has 0 radical (unpaired) electrons. The molecule has 5 nitrogen and oxygen atoms in total. The fraction of sp³-hybridized carbons (Fsp3) is 0.136. The van der Waals surface area contributed by atoms with Crippen molar-refractivity contribution in [2.45, 2.75) is 18.7 Å². The van der Waals surface area contributed by atoms with Gasteiger partial charge in [-0.05, 0) is 49.7 Å². The standard InChI is InChI=1S/C22H19BrN2O3S/c1-14-7-9-19(15(2)11-14)24-22(26)13-25-20-10-8-16(23)12-18(20)17-5-3-4-6-21(17)29(25,27)28/h3-12H,13H2,1-2H3,(H,24,26). The Labute approximate surface area is 178 Å². The minimum Gasteiger partial charge on any atom is -0.324 e. The lowest BCUT2D eigenvalue weighted by molar-refractivity contribution is -0.114. The quantitative estimate of drug-likeness (QED) is 0.592. The molecule has 0 unspecified atom stereocenters. The summed E-state index contributed by atoms with van der Waals surface area (Å²) >= 11 is 3.45. The zero-order valence-corrected chi connectivity index (χ0v) is 18.3. The van der Waals surface area contributed by atoms with E-state index >= 15 is 0 Å². The maximum absolute atomic E-state index is 13.3. The maximum atomic E-state index is 13.3. The van der Waals surface area contributed by atoms with E-state index < -0.39 is 15.9 Å². The van der Waals surface area contributed by atoms with Crippen LogP contribution in [0.25, 0.3) is 11.1 Å². The van der Waals surface area contributed by atoms with Crippen LogP contribution in [0.4, 0.5) is 11.4 Å². The number of rotatable bonds is 3. The molecule has 3 aromatic rings. The fourth-order valence-corrected chi connectivity index (χ4v) is 5.56. The summed E-state index contributed by atoms with van der Waals surface area (Å²) in [6.07, 6.45) is 0. The number of halogens is 1. The Morgan fingerprint density at radius 3 is 2.52 bits per heavy atom. The first-order valence-electron chi connectivity index (χ1n) is 9.06. The number of carbonyl (C=O) groups excluding carboxylic acids is 1. The molecule has 1 amide bonds. The molecule has 1 heterocycles. The largest absolute Gasteiger partial charge is 0.324 e. The minimum absolute atomic E-state index is 0.199. The summed E-state index contributed by atoms with van der Waals surface area (Å²) in [5.41, 5.74) is 4.58. The van der Waals surface area contributed by atoms with Crippen LogP contribution in [0.1, 0.15) is 11.1 Å². The Morgan fingerprint density at radius 1 is 1.00 bits per heavy atom. The number of amides is 1. The van der Waals surface area contributed by atoms with Gasteiger partial charge in [0.1, 0.15) is 6.54 Å². The molecule has 0 aromatic heterocycles. The SMILES string of the molecule is Cc1ccc(NC(=O)CN2c3ccc(Br)cc3-c3ccccc3S2(=O)=O)c(C)c1. The predicted molar refractivity (Wildman–Crippen MR) is 119 cm³/mol. The summed E-state index contributed by atoms with van der Waals surface area (Å²) in [5.74, 6) is -0.395. The minimum atomic E-state index is -3.86. The number of carbonyl (C=O) groups is 1. The number of anilines is 2. The van der Waals surface area contributed by atoms with Gasteiger partial charge in [-0.15, -0.1) is 0 Å². The summed E-state index contributed by atoms with van der Waals surface area (Å²) < 4.78 is 28.6. The van der Waals surface area contributed by atoms with Crippen molar-refractivity contribution in [3.63, 3.8) is 0 Å².